The monoisotopic (exact) mass is 318 g/mol. The second kappa shape index (κ2) is 6.91. The van der Waals surface area contributed by atoms with Crippen molar-refractivity contribution in [3.05, 3.63) is 53.3 Å². The molecule has 0 unspecified atom stereocenters. The maximum absolute atomic E-state index is 12.3. The first-order valence-electron chi connectivity index (χ1n) is 6.50. The number of carbonyl (C=O) groups excluding carboxylic acids is 1. The summed E-state index contributed by atoms with van der Waals surface area (Å²) < 4.78 is 5.11. The van der Waals surface area contributed by atoms with Gasteiger partial charge in [-0.25, -0.2) is 0 Å². The van der Waals surface area contributed by atoms with Crippen molar-refractivity contribution < 1.29 is 9.32 Å². The van der Waals surface area contributed by atoms with Crippen LogP contribution in [0.4, 0.5) is 0 Å². The lowest BCUT2D eigenvalue weighted by Gasteiger charge is -2.08. The molecular formula is C15H15ClN4O2. The number of nitrogens with zero attached hydrogens (tertiary/aromatic N) is 1. The number of hydrogen-bond donors (Lipinski definition) is 3. The highest BCUT2D eigenvalue weighted by Gasteiger charge is 2.23. The van der Waals surface area contributed by atoms with Gasteiger partial charge in [-0.05, 0) is 13.0 Å². The van der Waals surface area contributed by atoms with Gasteiger partial charge in [-0.3, -0.25) is 15.5 Å². The van der Waals surface area contributed by atoms with Crippen LogP contribution in [-0.4, -0.2) is 23.6 Å². The molecule has 0 spiro atoms. The van der Waals surface area contributed by atoms with Crippen molar-refractivity contribution >= 4 is 23.5 Å². The molecule has 2 aromatic rings. The maximum Gasteiger partial charge on any atom is 0.263 e. The first-order valence-corrected chi connectivity index (χ1v) is 6.88. The van der Waals surface area contributed by atoms with Gasteiger partial charge < -0.3 is 9.84 Å². The van der Waals surface area contributed by atoms with E-state index in [2.05, 4.69) is 22.4 Å². The Balaban J connectivity index is 2.30. The van der Waals surface area contributed by atoms with Gasteiger partial charge in [0.15, 0.2) is 5.96 Å². The Hall–Kier alpha value is -2.60. The number of nitrogens with one attached hydrogen (secondary N) is 3. The standard InChI is InChI=1S/C15H15ClN4O2/c1-3-8-18-15(17)19-14(21)12-9(2)22-20-13(12)10-6-4-5-7-11(10)16/h3-7H,1,8H2,2H3,(H3,17,18,19,21). The topological polar surface area (TPSA) is 91.0 Å². The van der Waals surface area contributed by atoms with Crippen molar-refractivity contribution in [3.8, 4) is 11.3 Å². The number of rotatable bonds is 4. The van der Waals surface area contributed by atoms with E-state index in [9.17, 15) is 4.79 Å². The number of benzene rings is 1. The summed E-state index contributed by atoms with van der Waals surface area (Å²) in [5, 5.41) is 17.1. The van der Waals surface area contributed by atoms with Crippen LogP contribution in [0.5, 0.6) is 0 Å². The third-order valence-corrected chi connectivity index (χ3v) is 3.21. The van der Waals surface area contributed by atoms with E-state index in [1.807, 2.05) is 0 Å². The molecule has 1 heterocycles. The van der Waals surface area contributed by atoms with Crippen molar-refractivity contribution in [1.29, 1.82) is 5.41 Å². The number of aryl methyl sites for hydroxylation is 1. The van der Waals surface area contributed by atoms with E-state index in [4.69, 9.17) is 21.5 Å². The fraction of sp³-hybridized carbons (Fsp3) is 0.133. The second-order valence-electron chi connectivity index (χ2n) is 4.44. The van der Waals surface area contributed by atoms with Crippen LogP contribution >= 0.6 is 11.6 Å². The lowest BCUT2D eigenvalue weighted by molar-refractivity contribution is 0.0974. The molecule has 0 saturated carbocycles. The van der Waals surface area contributed by atoms with Gasteiger partial charge in [0.25, 0.3) is 5.91 Å². The highest BCUT2D eigenvalue weighted by atomic mass is 35.5. The molecule has 3 N–H and O–H groups in total. The molecule has 6 nitrogen and oxygen atoms in total. The van der Waals surface area contributed by atoms with Crippen molar-refractivity contribution in [2.24, 2.45) is 0 Å². The number of guanidine groups is 1. The molecular weight excluding hydrogens is 304 g/mol. The molecule has 1 aromatic heterocycles. The van der Waals surface area contributed by atoms with Crippen LogP contribution in [0.2, 0.25) is 5.02 Å². The second-order valence-corrected chi connectivity index (χ2v) is 4.85. The molecule has 0 bridgehead atoms. The zero-order valence-corrected chi connectivity index (χ0v) is 12.7. The largest absolute Gasteiger partial charge is 0.360 e. The van der Waals surface area contributed by atoms with E-state index in [-0.39, 0.29) is 11.5 Å². The molecule has 1 aromatic carbocycles. The Labute approximate surface area is 132 Å². The smallest absolute Gasteiger partial charge is 0.263 e. The van der Waals surface area contributed by atoms with E-state index in [0.717, 1.165) is 0 Å². The minimum absolute atomic E-state index is 0.129. The van der Waals surface area contributed by atoms with E-state index in [0.29, 0.717) is 28.6 Å². The number of amides is 1. The van der Waals surface area contributed by atoms with E-state index in [1.165, 1.54) is 0 Å². The fourth-order valence-electron chi connectivity index (χ4n) is 1.87. The first kappa shape index (κ1) is 15.8. The van der Waals surface area contributed by atoms with Crippen LogP contribution in [0.15, 0.2) is 41.4 Å². The maximum atomic E-state index is 12.3. The van der Waals surface area contributed by atoms with Gasteiger partial charge in [0.05, 0.1) is 5.02 Å². The number of halogens is 1. The molecule has 0 fully saturated rings. The van der Waals surface area contributed by atoms with Crippen molar-refractivity contribution in [2.75, 3.05) is 6.54 Å². The Morgan fingerprint density at radius 3 is 2.91 bits per heavy atom. The Morgan fingerprint density at radius 1 is 1.50 bits per heavy atom. The van der Waals surface area contributed by atoms with E-state index >= 15 is 0 Å². The van der Waals surface area contributed by atoms with Crippen LogP contribution in [0.3, 0.4) is 0 Å². The van der Waals surface area contributed by atoms with Gasteiger partial charge in [0.2, 0.25) is 0 Å². The quantitative estimate of drug-likeness (QED) is 0.459. The molecule has 22 heavy (non-hydrogen) atoms. The molecule has 114 valence electrons. The van der Waals surface area contributed by atoms with Gasteiger partial charge in [-0.15, -0.1) is 6.58 Å². The lowest BCUT2D eigenvalue weighted by atomic mass is 10.1. The van der Waals surface area contributed by atoms with Gasteiger partial charge >= 0.3 is 0 Å². The molecule has 7 heteroatoms. The highest BCUT2D eigenvalue weighted by Crippen LogP contribution is 2.30. The van der Waals surface area contributed by atoms with Crippen LogP contribution in [0.1, 0.15) is 16.1 Å². The predicted molar refractivity (Wildman–Crippen MR) is 85.1 cm³/mol. The summed E-state index contributed by atoms with van der Waals surface area (Å²) in [5.74, 6) is -0.269. The highest BCUT2D eigenvalue weighted by molar-refractivity contribution is 6.33. The minimum Gasteiger partial charge on any atom is -0.360 e. The normalized spacial score (nSPS) is 10.1. The SMILES string of the molecule is C=CCNC(=N)NC(=O)c1c(-c2ccccc2Cl)noc1C. The predicted octanol–water partition coefficient (Wildman–Crippen LogP) is 2.74. The summed E-state index contributed by atoms with van der Waals surface area (Å²) >= 11 is 6.14. The number of carbonyl (C=O) groups is 1. The van der Waals surface area contributed by atoms with Crippen LogP contribution in [0, 0.1) is 12.3 Å². The molecule has 0 radical (unpaired) electrons. The van der Waals surface area contributed by atoms with Crippen molar-refractivity contribution in [1.82, 2.24) is 15.8 Å². The minimum atomic E-state index is -0.491. The molecule has 0 aliphatic rings. The Bertz CT molecular complexity index is 724. The summed E-state index contributed by atoms with van der Waals surface area (Å²) in [6.07, 6.45) is 1.58. The third kappa shape index (κ3) is 3.35. The third-order valence-electron chi connectivity index (χ3n) is 2.88. The summed E-state index contributed by atoms with van der Waals surface area (Å²) in [4.78, 5) is 12.3. The Morgan fingerprint density at radius 2 is 2.23 bits per heavy atom. The average molecular weight is 319 g/mol. The molecule has 1 amide bonds. The Kier molecular flexibility index (Phi) is 4.95. The fourth-order valence-corrected chi connectivity index (χ4v) is 2.10. The molecule has 0 saturated heterocycles. The van der Waals surface area contributed by atoms with Crippen LogP contribution in [-0.2, 0) is 0 Å². The summed E-state index contributed by atoms with van der Waals surface area (Å²) in [5.41, 5.74) is 1.19. The van der Waals surface area contributed by atoms with E-state index in [1.54, 1.807) is 37.3 Å². The summed E-state index contributed by atoms with van der Waals surface area (Å²) in [6, 6.07) is 7.03. The molecule has 2 rings (SSSR count). The zero-order valence-electron chi connectivity index (χ0n) is 11.9. The van der Waals surface area contributed by atoms with Gasteiger partial charge in [0, 0.05) is 12.1 Å². The molecule has 0 aliphatic heterocycles. The zero-order chi connectivity index (χ0) is 16.1. The lowest BCUT2D eigenvalue weighted by Crippen LogP contribution is -2.40. The van der Waals surface area contributed by atoms with Crippen LogP contribution in [0.25, 0.3) is 11.3 Å². The van der Waals surface area contributed by atoms with Gasteiger partial charge in [-0.1, -0.05) is 41.0 Å². The number of hydrogen-bond acceptors (Lipinski definition) is 4. The van der Waals surface area contributed by atoms with Crippen molar-refractivity contribution in [3.63, 3.8) is 0 Å². The van der Waals surface area contributed by atoms with E-state index < -0.39 is 5.91 Å². The average Bonchev–Trinajstić information content (AvgIpc) is 2.87. The van der Waals surface area contributed by atoms with Crippen molar-refractivity contribution in [2.45, 2.75) is 6.92 Å². The first-order chi connectivity index (χ1) is 10.5. The number of aromatic nitrogens is 1. The molecule has 0 aliphatic carbocycles. The summed E-state index contributed by atoms with van der Waals surface area (Å²) in [7, 11) is 0. The van der Waals surface area contributed by atoms with Gasteiger partial charge in [0.1, 0.15) is 17.0 Å². The van der Waals surface area contributed by atoms with Gasteiger partial charge in [-0.2, -0.15) is 0 Å². The summed E-state index contributed by atoms with van der Waals surface area (Å²) in [6.45, 7) is 5.53. The molecule has 0 atom stereocenters. The van der Waals surface area contributed by atoms with Crippen LogP contribution < -0.4 is 10.6 Å².